The summed E-state index contributed by atoms with van der Waals surface area (Å²) in [5.41, 5.74) is 0.818. The molecule has 1 saturated heterocycles. The van der Waals surface area contributed by atoms with Crippen LogP contribution in [0.2, 0.25) is 0 Å². The fraction of sp³-hybridized carbons (Fsp3) is 0.733. The highest BCUT2D eigenvalue weighted by molar-refractivity contribution is 5.89. The van der Waals surface area contributed by atoms with E-state index in [-0.39, 0.29) is 30.6 Å². The van der Waals surface area contributed by atoms with Crippen LogP contribution in [0.25, 0.3) is 5.65 Å². The Labute approximate surface area is 243 Å². The monoisotopic (exact) mass is 576 g/mol. The van der Waals surface area contributed by atoms with Gasteiger partial charge >= 0.3 is 11.9 Å². The van der Waals surface area contributed by atoms with E-state index < -0.39 is 23.6 Å². The van der Waals surface area contributed by atoms with Crippen molar-refractivity contribution in [2.45, 2.75) is 111 Å². The number of ether oxygens (including phenoxy) is 4. The highest BCUT2D eigenvalue weighted by atomic mass is 16.6. The van der Waals surface area contributed by atoms with Gasteiger partial charge in [0.25, 0.3) is 0 Å². The van der Waals surface area contributed by atoms with Gasteiger partial charge in [-0.1, -0.05) is 0 Å². The number of fused-ring (bicyclic) bond motifs is 1. The molecule has 1 aliphatic rings. The molecule has 0 bridgehead atoms. The topological polar surface area (TPSA) is 125 Å². The molecule has 0 amide bonds. The third-order valence-corrected chi connectivity index (χ3v) is 7.11. The van der Waals surface area contributed by atoms with E-state index in [0.29, 0.717) is 42.4 Å². The van der Waals surface area contributed by atoms with E-state index in [9.17, 15) is 14.7 Å². The van der Waals surface area contributed by atoms with E-state index in [4.69, 9.17) is 23.9 Å². The Hall–Kier alpha value is -2.76. The number of carbonyl (C=O) groups is 2. The molecule has 3 heterocycles. The minimum Gasteiger partial charge on any atom is -0.464 e. The molecule has 11 heteroatoms. The molecule has 230 valence electrons. The van der Waals surface area contributed by atoms with Crippen LogP contribution < -0.4 is 4.90 Å². The van der Waals surface area contributed by atoms with E-state index in [1.165, 1.54) is 0 Å². The third-order valence-electron chi connectivity index (χ3n) is 7.11. The summed E-state index contributed by atoms with van der Waals surface area (Å²) >= 11 is 0. The zero-order chi connectivity index (χ0) is 30.4. The second-order valence-corrected chi connectivity index (χ2v) is 11.9. The zero-order valence-electron chi connectivity index (χ0n) is 26.0. The Bertz CT molecular complexity index is 1180. The van der Waals surface area contributed by atoms with Crippen molar-refractivity contribution in [1.29, 1.82) is 0 Å². The van der Waals surface area contributed by atoms with E-state index in [1.807, 2.05) is 27.7 Å². The van der Waals surface area contributed by atoms with Crippen molar-refractivity contribution in [1.82, 2.24) is 14.6 Å². The number of aliphatic hydroxyl groups excluding tert-OH is 1. The van der Waals surface area contributed by atoms with E-state index in [0.717, 1.165) is 32.1 Å². The lowest BCUT2D eigenvalue weighted by Crippen LogP contribution is -2.46. The molecule has 0 spiro atoms. The van der Waals surface area contributed by atoms with Crippen molar-refractivity contribution < 1.29 is 33.6 Å². The molecule has 2 aromatic rings. The summed E-state index contributed by atoms with van der Waals surface area (Å²) in [4.78, 5) is 32.8. The van der Waals surface area contributed by atoms with Crippen LogP contribution >= 0.6 is 0 Å². The summed E-state index contributed by atoms with van der Waals surface area (Å²) in [5, 5.41) is 14.1. The fourth-order valence-corrected chi connectivity index (χ4v) is 5.02. The molecule has 0 saturated carbocycles. The number of nitrogens with zero attached hydrogens (tertiary/aromatic N) is 4. The number of rotatable bonds is 13. The van der Waals surface area contributed by atoms with Crippen LogP contribution in [0.5, 0.6) is 0 Å². The SMILES string of the molecule is CCOC(=O)c1cc2nc(C)c([C@H](OC(C)(C)C)C(=O)OCC)c(N3CCC(C)(OCCCCC(C)O)CC3)n2n1. The summed E-state index contributed by atoms with van der Waals surface area (Å²) in [7, 11) is 0. The van der Waals surface area contributed by atoms with Gasteiger partial charge in [0.2, 0.25) is 0 Å². The van der Waals surface area contributed by atoms with Crippen LogP contribution in [-0.2, 0) is 23.7 Å². The van der Waals surface area contributed by atoms with Gasteiger partial charge in [0.05, 0.1) is 36.1 Å². The van der Waals surface area contributed by atoms with Gasteiger partial charge in [-0.25, -0.2) is 14.6 Å². The van der Waals surface area contributed by atoms with Crippen LogP contribution in [0.4, 0.5) is 5.82 Å². The molecule has 1 aliphatic heterocycles. The van der Waals surface area contributed by atoms with Crippen LogP contribution in [-0.4, -0.2) is 81.9 Å². The summed E-state index contributed by atoms with van der Waals surface area (Å²) in [6.45, 7) is 17.3. The van der Waals surface area contributed by atoms with Crippen molar-refractivity contribution in [3.05, 3.63) is 23.0 Å². The van der Waals surface area contributed by atoms with Gasteiger partial charge < -0.3 is 29.0 Å². The number of aromatic nitrogens is 3. The molecule has 1 fully saturated rings. The normalized spacial score (nSPS) is 17.0. The van der Waals surface area contributed by atoms with Gasteiger partial charge in [0.1, 0.15) is 5.82 Å². The molecule has 11 nitrogen and oxygen atoms in total. The lowest BCUT2D eigenvalue weighted by Gasteiger charge is -2.41. The molecular formula is C30H48N4O7. The van der Waals surface area contributed by atoms with Gasteiger partial charge in [0, 0.05) is 31.5 Å². The van der Waals surface area contributed by atoms with Crippen molar-refractivity contribution in [3.8, 4) is 0 Å². The number of unbranched alkanes of at least 4 members (excludes halogenated alkanes) is 1. The smallest absolute Gasteiger partial charge is 0.358 e. The third kappa shape index (κ3) is 8.62. The second-order valence-electron chi connectivity index (χ2n) is 11.9. The van der Waals surface area contributed by atoms with E-state index in [2.05, 4.69) is 16.9 Å². The average molecular weight is 577 g/mol. The fourth-order valence-electron chi connectivity index (χ4n) is 5.02. The van der Waals surface area contributed by atoms with Gasteiger partial charge in [-0.15, -0.1) is 0 Å². The number of esters is 2. The Balaban J connectivity index is 2.01. The molecule has 0 aromatic carbocycles. The molecule has 2 aromatic heterocycles. The summed E-state index contributed by atoms with van der Waals surface area (Å²) in [6, 6.07) is 1.60. The molecule has 1 unspecified atom stereocenters. The maximum absolute atomic E-state index is 13.3. The number of anilines is 1. The van der Waals surface area contributed by atoms with E-state index >= 15 is 0 Å². The lowest BCUT2D eigenvalue weighted by atomic mass is 9.92. The molecule has 3 rings (SSSR count). The Morgan fingerprint density at radius 1 is 1.12 bits per heavy atom. The van der Waals surface area contributed by atoms with Crippen LogP contribution in [0.3, 0.4) is 0 Å². The molecule has 41 heavy (non-hydrogen) atoms. The van der Waals surface area contributed by atoms with Crippen molar-refractivity contribution in [3.63, 3.8) is 0 Å². The Morgan fingerprint density at radius 2 is 1.78 bits per heavy atom. The maximum atomic E-state index is 13.3. The largest absolute Gasteiger partial charge is 0.464 e. The van der Waals surface area contributed by atoms with Crippen molar-refractivity contribution in [2.75, 3.05) is 37.8 Å². The summed E-state index contributed by atoms with van der Waals surface area (Å²) in [6.07, 6.45) is 2.75. The number of aliphatic hydroxyl groups is 1. The highest BCUT2D eigenvalue weighted by Gasteiger charge is 2.38. The number of hydrogen-bond acceptors (Lipinski definition) is 10. The molecule has 0 radical (unpaired) electrons. The van der Waals surface area contributed by atoms with Crippen molar-refractivity contribution in [2.24, 2.45) is 0 Å². The van der Waals surface area contributed by atoms with E-state index in [1.54, 1.807) is 31.4 Å². The van der Waals surface area contributed by atoms with Gasteiger partial charge in [-0.3, -0.25) is 0 Å². The Morgan fingerprint density at radius 3 is 2.37 bits per heavy atom. The standard InChI is InChI=1S/C30H48N4O7/c1-9-38-27(36)22-19-23-31-21(4)24(25(28(37)39-10-2)41-29(5,6)7)26(34(23)32-22)33-16-14-30(8,15-17-33)40-18-12-11-13-20(3)35/h19-20,25,35H,9-18H2,1-8H3/t20?,25-/m0/s1. The minimum atomic E-state index is -1.05. The minimum absolute atomic E-state index is 0.143. The highest BCUT2D eigenvalue weighted by Crippen LogP contribution is 2.38. The Kier molecular flexibility index (Phi) is 11.1. The molecular weight excluding hydrogens is 528 g/mol. The maximum Gasteiger partial charge on any atom is 0.358 e. The second kappa shape index (κ2) is 13.9. The van der Waals surface area contributed by atoms with Gasteiger partial charge in [-0.05, 0) is 87.5 Å². The first-order chi connectivity index (χ1) is 19.3. The molecule has 1 N–H and O–H groups in total. The molecule has 0 aliphatic carbocycles. The van der Waals surface area contributed by atoms with Crippen LogP contribution in [0.1, 0.15) is 108 Å². The summed E-state index contributed by atoms with van der Waals surface area (Å²) in [5.74, 6) is -0.399. The quantitative estimate of drug-likeness (QED) is 0.268. The first kappa shape index (κ1) is 32.8. The van der Waals surface area contributed by atoms with Crippen LogP contribution in [0.15, 0.2) is 6.07 Å². The van der Waals surface area contributed by atoms with Crippen molar-refractivity contribution >= 4 is 23.4 Å². The number of hydrogen-bond donors (Lipinski definition) is 1. The lowest BCUT2D eigenvalue weighted by molar-refractivity contribution is -0.166. The molecule has 2 atom stereocenters. The summed E-state index contributed by atoms with van der Waals surface area (Å²) < 4.78 is 24.9. The zero-order valence-corrected chi connectivity index (χ0v) is 26.0. The predicted octanol–water partition coefficient (Wildman–Crippen LogP) is 4.56. The van der Waals surface area contributed by atoms with Gasteiger partial charge in [0.15, 0.2) is 17.4 Å². The average Bonchev–Trinajstić information content (AvgIpc) is 3.30. The van der Waals surface area contributed by atoms with Crippen LogP contribution in [0, 0.1) is 6.92 Å². The number of aryl methyl sites for hydroxylation is 1. The first-order valence-electron chi connectivity index (χ1n) is 14.8. The van der Waals surface area contributed by atoms with Gasteiger partial charge in [-0.2, -0.15) is 9.61 Å². The number of piperidine rings is 1. The number of carbonyl (C=O) groups excluding carboxylic acids is 2. The predicted molar refractivity (Wildman–Crippen MR) is 155 cm³/mol. The first-order valence-corrected chi connectivity index (χ1v) is 14.8.